The maximum absolute atomic E-state index is 12.0. The third-order valence-corrected chi connectivity index (χ3v) is 4.42. The van der Waals surface area contributed by atoms with E-state index in [1.807, 2.05) is 25.1 Å². The van der Waals surface area contributed by atoms with E-state index in [1.165, 1.54) is 0 Å². The highest BCUT2D eigenvalue weighted by molar-refractivity contribution is 5.95. The van der Waals surface area contributed by atoms with Crippen LogP contribution < -0.4 is 10.1 Å². The minimum absolute atomic E-state index is 0.135. The summed E-state index contributed by atoms with van der Waals surface area (Å²) in [4.78, 5) is 23.9. The zero-order valence-electron chi connectivity index (χ0n) is 16.9. The van der Waals surface area contributed by atoms with E-state index in [0.29, 0.717) is 16.7 Å². The van der Waals surface area contributed by atoms with Gasteiger partial charge in [-0.3, -0.25) is 9.59 Å². The van der Waals surface area contributed by atoms with Crippen molar-refractivity contribution in [1.82, 2.24) is 9.88 Å². The maximum atomic E-state index is 12.0. The summed E-state index contributed by atoms with van der Waals surface area (Å²) in [6, 6.07) is 16.4. The Morgan fingerprint density at radius 2 is 2.03 bits per heavy atom. The summed E-state index contributed by atoms with van der Waals surface area (Å²) in [5, 5.41) is 29.8. The number of nitrogens with one attached hydrogen (secondary N) is 1. The Balaban J connectivity index is 1.60. The number of carbonyl (C=O) groups is 2. The van der Waals surface area contributed by atoms with Gasteiger partial charge in [-0.2, -0.15) is 5.26 Å². The lowest BCUT2D eigenvalue weighted by molar-refractivity contribution is -0.126. The molecule has 0 aliphatic carbocycles. The second-order valence-electron chi connectivity index (χ2n) is 6.72. The molecular formula is C22H21N5O4. The van der Waals surface area contributed by atoms with Crippen molar-refractivity contribution in [3.05, 3.63) is 54.1 Å². The molecule has 2 amide bonds. The van der Waals surface area contributed by atoms with Crippen LogP contribution in [0.25, 0.3) is 10.9 Å². The molecular weight excluding hydrogens is 398 g/mol. The molecule has 0 aliphatic rings. The molecule has 0 radical (unpaired) electrons. The van der Waals surface area contributed by atoms with Crippen LogP contribution in [-0.4, -0.2) is 34.6 Å². The summed E-state index contributed by atoms with van der Waals surface area (Å²) in [5.41, 5.74) is 1.82. The van der Waals surface area contributed by atoms with Crippen LogP contribution in [0, 0.1) is 18.3 Å². The monoisotopic (exact) mass is 419 g/mol. The van der Waals surface area contributed by atoms with Gasteiger partial charge >= 0.3 is 0 Å². The lowest BCUT2D eigenvalue weighted by Gasteiger charge is -2.06. The molecule has 31 heavy (non-hydrogen) atoms. The van der Waals surface area contributed by atoms with Crippen LogP contribution in [0.1, 0.15) is 12.0 Å². The third kappa shape index (κ3) is 5.45. The van der Waals surface area contributed by atoms with E-state index in [0.717, 1.165) is 5.56 Å². The number of rotatable bonds is 8. The maximum Gasteiger partial charge on any atom is 0.283 e. The van der Waals surface area contributed by atoms with Gasteiger partial charge < -0.3 is 19.7 Å². The Bertz CT molecular complexity index is 1180. The highest BCUT2D eigenvalue weighted by Gasteiger charge is 2.16. The van der Waals surface area contributed by atoms with Gasteiger partial charge in [0.25, 0.3) is 11.8 Å². The standard InChI is InChI=1S/C22H21N5O4/c1-15-6-4-7-16(12-15)31-14-20(29)24-13-19(28)25-26-21-17-8-2-3-9-18(17)27(22(21)30)11-5-10-23/h2-4,6-9,12,30H,5,11,13-14H2,1H3,(H,24,29). The summed E-state index contributed by atoms with van der Waals surface area (Å²) < 4.78 is 6.92. The van der Waals surface area contributed by atoms with Crippen LogP contribution >= 0.6 is 0 Å². The number of nitriles is 1. The van der Waals surface area contributed by atoms with Crippen molar-refractivity contribution in [1.29, 1.82) is 5.26 Å². The molecule has 0 spiro atoms. The van der Waals surface area contributed by atoms with Gasteiger partial charge in [-0.15, -0.1) is 10.2 Å². The summed E-state index contributed by atoms with van der Waals surface area (Å²) in [5.74, 6) is -0.772. The molecule has 0 atom stereocenters. The average Bonchev–Trinajstić information content (AvgIpc) is 3.04. The first-order chi connectivity index (χ1) is 15.0. The minimum atomic E-state index is -0.683. The fourth-order valence-corrected chi connectivity index (χ4v) is 2.98. The molecule has 2 aromatic carbocycles. The smallest absolute Gasteiger partial charge is 0.283 e. The number of fused-ring (bicyclic) bond motifs is 1. The number of aromatic nitrogens is 1. The Labute approximate surface area is 178 Å². The van der Waals surface area contributed by atoms with E-state index < -0.39 is 11.8 Å². The van der Waals surface area contributed by atoms with Crippen LogP contribution in [0.4, 0.5) is 5.69 Å². The van der Waals surface area contributed by atoms with E-state index in [2.05, 4.69) is 15.5 Å². The third-order valence-electron chi connectivity index (χ3n) is 4.42. The summed E-state index contributed by atoms with van der Waals surface area (Å²) >= 11 is 0. The van der Waals surface area contributed by atoms with Gasteiger partial charge in [-0.1, -0.05) is 30.3 Å². The number of hydrogen-bond donors (Lipinski definition) is 2. The van der Waals surface area contributed by atoms with Crippen LogP contribution in [0.2, 0.25) is 0 Å². The highest BCUT2D eigenvalue weighted by Crippen LogP contribution is 2.38. The quantitative estimate of drug-likeness (QED) is 0.541. The van der Waals surface area contributed by atoms with E-state index in [1.54, 1.807) is 41.0 Å². The summed E-state index contributed by atoms with van der Waals surface area (Å²) in [7, 11) is 0. The van der Waals surface area contributed by atoms with Gasteiger partial charge in [0.2, 0.25) is 5.88 Å². The van der Waals surface area contributed by atoms with Crippen molar-refractivity contribution >= 4 is 28.4 Å². The lowest BCUT2D eigenvalue weighted by Crippen LogP contribution is -2.32. The number of amides is 2. The van der Waals surface area contributed by atoms with E-state index >= 15 is 0 Å². The number of hydrogen-bond acceptors (Lipinski definition) is 6. The zero-order chi connectivity index (χ0) is 22.2. The molecule has 0 saturated carbocycles. The van der Waals surface area contributed by atoms with E-state index in [-0.39, 0.29) is 37.7 Å². The number of aromatic hydroxyl groups is 1. The lowest BCUT2D eigenvalue weighted by atomic mass is 10.2. The molecule has 158 valence electrons. The number of azo groups is 1. The molecule has 0 bridgehead atoms. The van der Waals surface area contributed by atoms with E-state index in [9.17, 15) is 14.7 Å². The Morgan fingerprint density at radius 1 is 1.23 bits per heavy atom. The van der Waals surface area contributed by atoms with Gasteiger partial charge in [0, 0.05) is 11.9 Å². The predicted molar refractivity (Wildman–Crippen MR) is 113 cm³/mol. The molecule has 0 fully saturated rings. The van der Waals surface area contributed by atoms with Crippen molar-refractivity contribution in [2.45, 2.75) is 19.9 Å². The number of ether oxygens (including phenoxy) is 1. The van der Waals surface area contributed by atoms with Gasteiger partial charge in [-0.05, 0) is 30.7 Å². The topological polar surface area (TPSA) is 129 Å². The van der Waals surface area contributed by atoms with Crippen molar-refractivity contribution in [2.75, 3.05) is 13.2 Å². The van der Waals surface area contributed by atoms with Gasteiger partial charge in [0.05, 0.1) is 18.0 Å². The largest absolute Gasteiger partial charge is 0.493 e. The average molecular weight is 419 g/mol. The number of nitrogens with zero attached hydrogens (tertiary/aromatic N) is 4. The normalized spacial score (nSPS) is 10.8. The molecule has 9 nitrogen and oxygen atoms in total. The SMILES string of the molecule is Cc1cccc(OCC(=O)NCC(=O)N=Nc2c(O)n(CCC#N)c3ccccc23)c1. The molecule has 0 aliphatic heterocycles. The van der Waals surface area contributed by atoms with Crippen molar-refractivity contribution in [3.63, 3.8) is 0 Å². The van der Waals surface area contributed by atoms with E-state index in [4.69, 9.17) is 10.00 Å². The first kappa shape index (κ1) is 21.5. The second kappa shape index (κ2) is 10.0. The van der Waals surface area contributed by atoms with Crippen molar-refractivity contribution < 1.29 is 19.4 Å². The fourth-order valence-electron chi connectivity index (χ4n) is 2.98. The molecule has 9 heteroatoms. The zero-order valence-corrected chi connectivity index (χ0v) is 16.9. The van der Waals surface area contributed by atoms with Crippen LogP contribution in [0.3, 0.4) is 0 Å². The van der Waals surface area contributed by atoms with Crippen molar-refractivity contribution in [3.8, 4) is 17.7 Å². The van der Waals surface area contributed by atoms with Gasteiger partial charge in [-0.25, -0.2) is 0 Å². The first-order valence-corrected chi connectivity index (χ1v) is 9.57. The molecule has 1 heterocycles. The summed E-state index contributed by atoms with van der Waals surface area (Å²) in [6.07, 6.45) is 0.207. The molecule has 1 aromatic heterocycles. The molecule has 0 unspecified atom stereocenters. The number of benzene rings is 2. The molecule has 3 rings (SSSR count). The van der Waals surface area contributed by atoms with Crippen molar-refractivity contribution in [2.24, 2.45) is 10.2 Å². The predicted octanol–water partition coefficient (Wildman–Crippen LogP) is 3.37. The Kier molecular flexibility index (Phi) is 6.96. The Morgan fingerprint density at radius 3 is 2.81 bits per heavy atom. The first-order valence-electron chi connectivity index (χ1n) is 9.57. The molecule has 2 N–H and O–H groups in total. The van der Waals surface area contributed by atoms with Gasteiger partial charge in [0.15, 0.2) is 12.3 Å². The van der Waals surface area contributed by atoms with Crippen LogP contribution in [-0.2, 0) is 16.1 Å². The highest BCUT2D eigenvalue weighted by atomic mass is 16.5. The fraction of sp³-hybridized carbons (Fsp3) is 0.227. The van der Waals surface area contributed by atoms with Crippen LogP contribution in [0.5, 0.6) is 11.6 Å². The second-order valence-corrected chi connectivity index (χ2v) is 6.72. The summed E-state index contributed by atoms with van der Waals surface area (Å²) in [6.45, 7) is 1.60. The van der Waals surface area contributed by atoms with Crippen LogP contribution in [0.15, 0.2) is 58.8 Å². The molecule has 0 saturated heterocycles. The van der Waals surface area contributed by atoms with Gasteiger partial charge in [0.1, 0.15) is 12.3 Å². The number of para-hydroxylation sites is 1. The number of carbonyl (C=O) groups excluding carboxylic acids is 2. The minimum Gasteiger partial charge on any atom is -0.493 e. The molecule has 3 aromatic rings. The number of aryl methyl sites for hydroxylation is 2. The Hall–Kier alpha value is -4.19.